The van der Waals surface area contributed by atoms with Crippen molar-refractivity contribution in [3.8, 4) is 0 Å². The lowest BCUT2D eigenvalue weighted by Crippen LogP contribution is -2.49. The van der Waals surface area contributed by atoms with Gasteiger partial charge in [0.1, 0.15) is 17.9 Å². The highest BCUT2D eigenvalue weighted by atomic mass is 127. The van der Waals surface area contributed by atoms with Crippen LogP contribution in [0.3, 0.4) is 0 Å². The predicted octanol–water partition coefficient (Wildman–Crippen LogP) is 3.15. The third kappa shape index (κ3) is 14.6. The second-order valence-corrected chi connectivity index (χ2v) is 7.92. The van der Waals surface area contributed by atoms with Gasteiger partial charge in [0.25, 0.3) is 0 Å². The van der Waals surface area contributed by atoms with Crippen LogP contribution in [-0.4, -0.2) is 49.2 Å². The Balaban J connectivity index is 0.00000900. The van der Waals surface area contributed by atoms with Gasteiger partial charge >= 0.3 is 6.09 Å². The van der Waals surface area contributed by atoms with Gasteiger partial charge in [-0.2, -0.15) is 0 Å². The Hall–Kier alpha value is -1.98. The number of alkyl carbamates (subject to hydrolysis) is 1. The number of nitrogens with one attached hydrogen (secondary N) is 4. The van der Waals surface area contributed by atoms with Gasteiger partial charge in [0.05, 0.1) is 12.8 Å². The highest BCUT2D eigenvalue weighted by Gasteiger charge is 2.18. The van der Waals surface area contributed by atoms with E-state index in [1.807, 2.05) is 27.7 Å². The van der Waals surface area contributed by atoms with Crippen molar-refractivity contribution in [3.05, 3.63) is 24.2 Å². The molecule has 1 unspecified atom stereocenters. The van der Waals surface area contributed by atoms with Crippen LogP contribution >= 0.6 is 24.0 Å². The molecule has 31 heavy (non-hydrogen) atoms. The molecule has 0 fully saturated rings. The summed E-state index contributed by atoms with van der Waals surface area (Å²) in [5.41, 5.74) is -0.546. The highest BCUT2D eigenvalue weighted by molar-refractivity contribution is 14.0. The van der Waals surface area contributed by atoms with Gasteiger partial charge < -0.3 is 30.4 Å². The number of halogens is 1. The molecule has 1 atom stereocenters. The first-order chi connectivity index (χ1) is 14.2. The zero-order valence-electron chi connectivity index (χ0n) is 19.2. The van der Waals surface area contributed by atoms with Crippen molar-refractivity contribution in [2.24, 2.45) is 4.99 Å². The van der Waals surface area contributed by atoms with Gasteiger partial charge in [-0.15, -0.1) is 24.0 Å². The summed E-state index contributed by atoms with van der Waals surface area (Å²) < 4.78 is 10.5. The molecule has 0 radical (unpaired) electrons. The summed E-state index contributed by atoms with van der Waals surface area (Å²) in [5, 5.41) is 12.0. The van der Waals surface area contributed by atoms with Crippen molar-refractivity contribution in [1.29, 1.82) is 0 Å². The lowest BCUT2D eigenvalue weighted by molar-refractivity contribution is -0.119. The number of aliphatic imine (C=N–C) groups is 1. The Morgan fingerprint density at radius 1 is 1.19 bits per heavy atom. The number of rotatable bonds is 11. The molecule has 178 valence electrons. The predicted molar refractivity (Wildman–Crippen MR) is 133 cm³/mol. The fourth-order valence-electron chi connectivity index (χ4n) is 2.52. The Morgan fingerprint density at radius 2 is 1.94 bits per heavy atom. The monoisotopic (exact) mass is 551 g/mol. The van der Waals surface area contributed by atoms with Crippen molar-refractivity contribution >= 4 is 41.9 Å². The summed E-state index contributed by atoms with van der Waals surface area (Å²) in [6.07, 6.45) is 3.99. The molecule has 0 bridgehead atoms. The highest BCUT2D eigenvalue weighted by Crippen LogP contribution is 2.07. The van der Waals surface area contributed by atoms with Crippen LogP contribution in [0.5, 0.6) is 0 Å². The summed E-state index contributed by atoms with van der Waals surface area (Å²) in [4.78, 5) is 28.4. The Labute approximate surface area is 202 Å². The largest absolute Gasteiger partial charge is 0.467 e. The van der Waals surface area contributed by atoms with E-state index in [0.717, 1.165) is 19.3 Å². The zero-order chi connectivity index (χ0) is 22.4. The number of furan rings is 1. The van der Waals surface area contributed by atoms with Crippen LogP contribution in [-0.2, 0) is 16.1 Å². The lowest BCUT2D eigenvalue weighted by atomic mass is 10.1. The second kappa shape index (κ2) is 15.8. The Kier molecular flexibility index (Phi) is 14.8. The second-order valence-electron chi connectivity index (χ2n) is 7.92. The average molecular weight is 551 g/mol. The number of hydrogen-bond donors (Lipinski definition) is 4. The van der Waals surface area contributed by atoms with E-state index in [2.05, 4.69) is 33.2 Å². The maximum Gasteiger partial charge on any atom is 0.407 e. The molecule has 9 nitrogen and oxygen atoms in total. The molecule has 0 aliphatic rings. The van der Waals surface area contributed by atoms with Gasteiger partial charge in [0.2, 0.25) is 5.91 Å². The van der Waals surface area contributed by atoms with Gasteiger partial charge in [-0.3, -0.25) is 4.79 Å². The number of carbonyl (C=O) groups excluding carboxylic acids is 2. The van der Waals surface area contributed by atoms with E-state index in [1.165, 1.54) is 0 Å². The van der Waals surface area contributed by atoms with Crippen LogP contribution in [0, 0.1) is 0 Å². The summed E-state index contributed by atoms with van der Waals surface area (Å²) in [7, 11) is 0. The van der Waals surface area contributed by atoms with Crippen LogP contribution < -0.4 is 21.3 Å². The molecular weight excluding hydrogens is 513 g/mol. The molecule has 1 aromatic heterocycles. The molecule has 0 saturated carbocycles. The Bertz CT molecular complexity index is 659. The number of guanidine groups is 1. The number of nitrogens with zero attached hydrogens (tertiary/aromatic N) is 1. The summed E-state index contributed by atoms with van der Waals surface area (Å²) in [6, 6.07) is 3.53. The van der Waals surface area contributed by atoms with Crippen molar-refractivity contribution in [3.63, 3.8) is 0 Å². The van der Waals surface area contributed by atoms with Crippen molar-refractivity contribution < 1.29 is 18.7 Å². The molecule has 1 heterocycles. The maximum absolute atomic E-state index is 12.1. The first-order valence-electron chi connectivity index (χ1n) is 10.5. The third-order valence-corrected chi connectivity index (χ3v) is 3.90. The van der Waals surface area contributed by atoms with Gasteiger partial charge in [0.15, 0.2) is 5.96 Å². The van der Waals surface area contributed by atoms with E-state index < -0.39 is 11.7 Å². The van der Waals surface area contributed by atoms with E-state index in [1.54, 1.807) is 18.4 Å². The molecule has 0 aliphatic heterocycles. The fraction of sp³-hybridized carbons (Fsp3) is 0.667. The van der Waals surface area contributed by atoms with Crippen molar-refractivity contribution in [2.45, 2.75) is 72.1 Å². The number of hydrogen-bond acceptors (Lipinski definition) is 5. The summed E-state index contributed by atoms with van der Waals surface area (Å²) in [6.45, 7) is 10.9. The van der Waals surface area contributed by atoms with Crippen molar-refractivity contribution in [1.82, 2.24) is 21.3 Å². The van der Waals surface area contributed by atoms with Crippen LogP contribution in [0.15, 0.2) is 27.8 Å². The first kappa shape index (κ1) is 29.0. The van der Waals surface area contributed by atoms with E-state index in [-0.39, 0.29) is 42.5 Å². The minimum Gasteiger partial charge on any atom is -0.467 e. The minimum atomic E-state index is -0.546. The van der Waals surface area contributed by atoms with Crippen LogP contribution in [0.2, 0.25) is 0 Å². The fourth-order valence-corrected chi connectivity index (χ4v) is 2.52. The SMILES string of the molecule is CCCCC(CNC(=O)OC(C)(C)C)NC(=NCC(=O)NCc1ccco1)NCC.I. The van der Waals surface area contributed by atoms with Crippen LogP contribution in [0.25, 0.3) is 0 Å². The molecule has 0 aromatic carbocycles. The van der Waals surface area contributed by atoms with E-state index in [0.29, 0.717) is 31.4 Å². The van der Waals surface area contributed by atoms with Crippen LogP contribution in [0.4, 0.5) is 4.79 Å². The van der Waals surface area contributed by atoms with Gasteiger partial charge in [-0.1, -0.05) is 19.8 Å². The minimum absolute atomic E-state index is 0. The Morgan fingerprint density at radius 3 is 2.52 bits per heavy atom. The van der Waals surface area contributed by atoms with Gasteiger partial charge in [0, 0.05) is 19.1 Å². The van der Waals surface area contributed by atoms with Gasteiger partial charge in [-0.05, 0) is 46.2 Å². The zero-order valence-corrected chi connectivity index (χ0v) is 21.6. The molecule has 10 heteroatoms. The van der Waals surface area contributed by atoms with E-state index >= 15 is 0 Å². The molecule has 2 amide bonds. The summed E-state index contributed by atoms with van der Waals surface area (Å²) >= 11 is 0. The normalized spacial score (nSPS) is 12.4. The number of ether oxygens (including phenoxy) is 1. The lowest BCUT2D eigenvalue weighted by Gasteiger charge is -2.24. The maximum atomic E-state index is 12.1. The van der Waals surface area contributed by atoms with E-state index in [9.17, 15) is 9.59 Å². The van der Waals surface area contributed by atoms with Crippen molar-refractivity contribution in [2.75, 3.05) is 19.6 Å². The molecular formula is C21H38IN5O4. The quantitative estimate of drug-likeness (QED) is 0.191. The molecule has 0 spiro atoms. The number of amides is 2. The standard InChI is InChI=1S/C21H37N5O4.HI/c1-6-8-10-16(13-25-20(28)30-21(3,4)5)26-19(22-7-2)24-15-18(27)23-14-17-11-9-12-29-17;/h9,11-12,16H,6-8,10,13-15H2,1-5H3,(H,23,27)(H,25,28)(H2,22,24,26);1H. The van der Waals surface area contributed by atoms with Gasteiger partial charge in [-0.25, -0.2) is 9.79 Å². The number of unbranched alkanes of at least 4 members (excludes halogenated alkanes) is 1. The smallest absolute Gasteiger partial charge is 0.407 e. The molecule has 0 saturated heterocycles. The molecule has 0 aliphatic carbocycles. The first-order valence-corrected chi connectivity index (χ1v) is 10.5. The summed E-state index contributed by atoms with van der Waals surface area (Å²) in [5.74, 6) is 1.00. The third-order valence-electron chi connectivity index (χ3n) is 3.90. The number of carbonyl (C=O) groups is 2. The molecule has 4 N–H and O–H groups in total. The molecule has 1 rings (SSSR count). The van der Waals surface area contributed by atoms with Crippen LogP contribution in [0.1, 0.15) is 59.6 Å². The van der Waals surface area contributed by atoms with E-state index in [4.69, 9.17) is 9.15 Å². The average Bonchev–Trinajstić information content (AvgIpc) is 3.18. The topological polar surface area (TPSA) is 117 Å². The molecule has 1 aromatic rings.